The smallest absolute Gasteiger partial charge is 0.0736 e. The van der Waals surface area contributed by atoms with E-state index in [2.05, 4.69) is 212 Å². The molecule has 0 radical (unpaired) electrons. The molecule has 10 aromatic carbocycles. The minimum atomic E-state index is -0.504. The fourth-order valence-electron chi connectivity index (χ4n) is 10.2. The van der Waals surface area contributed by atoms with Gasteiger partial charge in [-0.25, -0.2) is 0 Å². The molecule has 12 rings (SSSR count). The first-order valence-corrected chi connectivity index (χ1v) is 21.1. The van der Waals surface area contributed by atoms with E-state index in [4.69, 9.17) is 5.73 Å². The zero-order valence-electron chi connectivity index (χ0n) is 32.2. The standard InChI is InChI=1S/C57H37NS/c58-51-23-13-22-49-56(51)45-33-31-41(35-50(45)57(49)47-20-9-11-24-52(47)59-53-25-12-10-21-48(53)57)40-30-32-44-46(34-40)55(38-16-5-2-6-17-38)43-19-8-7-18-42(43)54(44)39-28-26-37(27-29-39)36-14-3-1-4-15-36/h1-35H,58H2. The van der Waals surface area contributed by atoms with Gasteiger partial charge in [-0.3, -0.25) is 0 Å². The summed E-state index contributed by atoms with van der Waals surface area (Å²) < 4.78 is 0. The van der Waals surface area contributed by atoms with Crippen LogP contribution in [0.1, 0.15) is 22.3 Å². The maximum atomic E-state index is 6.94. The van der Waals surface area contributed by atoms with Gasteiger partial charge >= 0.3 is 0 Å². The van der Waals surface area contributed by atoms with Crippen molar-refractivity contribution in [1.82, 2.24) is 0 Å². The van der Waals surface area contributed by atoms with Gasteiger partial charge in [-0.2, -0.15) is 0 Å². The summed E-state index contributed by atoms with van der Waals surface area (Å²) in [7, 11) is 0. The normalized spacial score (nSPS) is 13.2. The van der Waals surface area contributed by atoms with Crippen LogP contribution in [0.3, 0.4) is 0 Å². The highest BCUT2D eigenvalue weighted by molar-refractivity contribution is 7.99. The number of rotatable bonds is 4. The van der Waals surface area contributed by atoms with Crippen molar-refractivity contribution in [2.24, 2.45) is 0 Å². The van der Waals surface area contributed by atoms with Crippen LogP contribution < -0.4 is 5.73 Å². The fraction of sp³-hybridized carbons (Fsp3) is 0.0175. The topological polar surface area (TPSA) is 26.0 Å². The molecule has 276 valence electrons. The van der Waals surface area contributed by atoms with Crippen LogP contribution in [0.2, 0.25) is 0 Å². The number of hydrogen-bond donors (Lipinski definition) is 1. The van der Waals surface area contributed by atoms with Crippen molar-refractivity contribution in [1.29, 1.82) is 0 Å². The van der Waals surface area contributed by atoms with Crippen molar-refractivity contribution >= 4 is 39.0 Å². The van der Waals surface area contributed by atoms with E-state index in [0.29, 0.717) is 0 Å². The van der Waals surface area contributed by atoms with Crippen LogP contribution in [0, 0.1) is 0 Å². The minimum Gasteiger partial charge on any atom is -0.398 e. The summed E-state index contributed by atoms with van der Waals surface area (Å²) >= 11 is 1.87. The molecule has 1 spiro atoms. The van der Waals surface area contributed by atoms with Crippen LogP contribution in [-0.2, 0) is 5.41 Å². The summed E-state index contributed by atoms with van der Waals surface area (Å²) in [5, 5.41) is 4.98. The van der Waals surface area contributed by atoms with Crippen molar-refractivity contribution in [3.05, 3.63) is 235 Å². The van der Waals surface area contributed by atoms with Gasteiger partial charge in [0.05, 0.1) is 5.41 Å². The van der Waals surface area contributed by atoms with Gasteiger partial charge in [-0.05, 0) is 124 Å². The van der Waals surface area contributed by atoms with E-state index in [9.17, 15) is 0 Å². The Balaban J connectivity index is 1.12. The van der Waals surface area contributed by atoms with Crippen LogP contribution in [0.25, 0.3) is 77.2 Å². The Morgan fingerprint density at radius 2 is 0.780 bits per heavy atom. The number of nitrogen functional groups attached to an aromatic ring is 1. The van der Waals surface area contributed by atoms with Crippen LogP contribution in [0.5, 0.6) is 0 Å². The molecule has 1 aliphatic carbocycles. The van der Waals surface area contributed by atoms with Gasteiger partial charge in [0, 0.05) is 21.0 Å². The van der Waals surface area contributed by atoms with Crippen molar-refractivity contribution < 1.29 is 0 Å². The second-order valence-corrected chi connectivity index (χ2v) is 16.8. The first kappa shape index (κ1) is 34.0. The van der Waals surface area contributed by atoms with Crippen molar-refractivity contribution in [3.63, 3.8) is 0 Å². The van der Waals surface area contributed by atoms with Crippen molar-refractivity contribution in [2.75, 3.05) is 5.73 Å². The molecule has 0 aromatic heterocycles. The summed E-state index contributed by atoms with van der Waals surface area (Å²) in [6.07, 6.45) is 0. The maximum absolute atomic E-state index is 6.94. The molecule has 2 N–H and O–H groups in total. The number of hydrogen-bond acceptors (Lipinski definition) is 2. The zero-order valence-corrected chi connectivity index (χ0v) is 33.0. The first-order chi connectivity index (χ1) is 29.2. The Labute approximate surface area is 348 Å². The van der Waals surface area contributed by atoms with Crippen LogP contribution in [0.15, 0.2) is 222 Å². The lowest BCUT2D eigenvalue weighted by Gasteiger charge is -2.39. The van der Waals surface area contributed by atoms with Crippen molar-refractivity contribution in [3.8, 4) is 55.6 Å². The Morgan fingerprint density at radius 3 is 1.47 bits per heavy atom. The lowest BCUT2D eigenvalue weighted by atomic mass is 9.67. The quantitative estimate of drug-likeness (QED) is 0.143. The van der Waals surface area contributed by atoms with E-state index in [1.54, 1.807) is 0 Å². The van der Waals surface area contributed by atoms with Gasteiger partial charge in [0.1, 0.15) is 0 Å². The second-order valence-electron chi connectivity index (χ2n) is 15.7. The van der Waals surface area contributed by atoms with Gasteiger partial charge in [-0.1, -0.05) is 194 Å². The molecule has 0 saturated carbocycles. The van der Waals surface area contributed by atoms with E-state index in [1.165, 1.54) is 104 Å². The van der Waals surface area contributed by atoms with Gasteiger partial charge in [0.25, 0.3) is 0 Å². The van der Waals surface area contributed by atoms with E-state index < -0.39 is 5.41 Å². The zero-order chi connectivity index (χ0) is 39.1. The molecule has 0 fully saturated rings. The summed E-state index contributed by atoms with van der Waals surface area (Å²) in [4.78, 5) is 2.57. The minimum absolute atomic E-state index is 0.504. The summed E-state index contributed by atoms with van der Waals surface area (Å²) in [6.45, 7) is 0. The van der Waals surface area contributed by atoms with Crippen LogP contribution in [-0.4, -0.2) is 0 Å². The molecule has 1 heterocycles. The summed E-state index contributed by atoms with van der Waals surface area (Å²) in [6, 6.07) is 78.2. The molecule has 0 atom stereocenters. The molecule has 2 aliphatic rings. The average Bonchev–Trinajstić information content (AvgIpc) is 3.59. The molecule has 1 aliphatic heterocycles. The van der Waals surface area contributed by atoms with Crippen LogP contribution in [0.4, 0.5) is 5.69 Å². The predicted octanol–water partition coefficient (Wildman–Crippen LogP) is 15.1. The third-order valence-electron chi connectivity index (χ3n) is 12.7. The predicted molar refractivity (Wildman–Crippen MR) is 249 cm³/mol. The van der Waals surface area contributed by atoms with Gasteiger partial charge in [0.15, 0.2) is 0 Å². The van der Waals surface area contributed by atoms with E-state index >= 15 is 0 Å². The lowest BCUT2D eigenvalue weighted by molar-refractivity contribution is 0.723. The van der Waals surface area contributed by atoms with Gasteiger partial charge in [0.2, 0.25) is 0 Å². The SMILES string of the molecule is Nc1cccc2c1-c1ccc(-c3ccc4c(-c5ccc(-c6ccccc6)cc5)c5ccccc5c(-c5ccccc5)c4c3)cc1C21c2ccccc2Sc2ccccc21. The molecule has 10 aromatic rings. The Bertz CT molecular complexity index is 3250. The number of anilines is 1. The Morgan fingerprint density at radius 1 is 0.305 bits per heavy atom. The largest absolute Gasteiger partial charge is 0.398 e. The molecule has 2 heteroatoms. The lowest BCUT2D eigenvalue weighted by Crippen LogP contribution is -2.32. The molecule has 1 nitrogen and oxygen atoms in total. The molecular formula is C57H37NS. The fourth-order valence-corrected chi connectivity index (χ4v) is 11.4. The highest BCUT2D eigenvalue weighted by atomic mass is 32.2. The monoisotopic (exact) mass is 767 g/mol. The molecule has 59 heavy (non-hydrogen) atoms. The maximum Gasteiger partial charge on any atom is 0.0736 e. The van der Waals surface area contributed by atoms with Gasteiger partial charge < -0.3 is 5.73 Å². The number of nitrogens with two attached hydrogens (primary N) is 1. The van der Waals surface area contributed by atoms with Gasteiger partial charge in [-0.15, -0.1) is 0 Å². The highest BCUT2D eigenvalue weighted by Crippen LogP contribution is 2.63. The number of fused-ring (bicyclic) bond motifs is 11. The van der Waals surface area contributed by atoms with Crippen molar-refractivity contribution in [2.45, 2.75) is 15.2 Å². The Hall–Kier alpha value is -7.13. The number of benzene rings is 10. The molecule has 0 bridgehead atoms. The van der Waals surface area contributed by atoms with Crippen LogP contribution >= 0.6 is 11.8 Å². The molecule has 0 saturated heterocycles. The molecule has 0 amide bonds. The second kappa shape index (κ2) is 13.2. The summed E-state index contributed by atoms with van der Waals surface area (Å²) in [5.41, 5.74) is 24.5. The van der Waals surface area contributed by atoms with E-state index in [-0.39, 0.29) is 0 Å². The Kier molecular flexibility index (Phi) is 7.60. The molecular weight excluding hydrogens is 731 g/mol. The van der Waals surface area contributed by atoms with E-state index in [0.717, 1.165) is 11.3 Å². The van der Waals surface area contributed by atoms with E-state index in [1.807, 2.05) is 11.8 Å². The summed E-state index contributed by atoms with van der Waals surface area (Å²) in [5.74, 6) is 0. The average molecular weight is 768 g/mol. The first-order valence-electron chi connectivity index (χ1n) is 20.3. The third kappa shape index (κ3) is 5.00. The molecule has 0 unspecified atom stereocenters. The third-order valence-corrected chi connectivity index (χ3v) is 13.8. The highest BCUT2D eigenvalue weighted by Gasteiger charge is 2.50.